The minimum absolute atomic E-state index is 0.123. The Balaban J connectivity index is 1.29. The molecule has 3 N–H and O–H groups in total. The molecule has 0 radical (unpaired) electrons. The van der Waals surface area contributed by atoms with Gasteiger partial charge in [-0.3, -0.25) is 9.48 Å². The zero-order chi connectivity index (χ0) is 26.1. The van der Waals surface area contributed by atoms with Gasteiger partial charge in [0.1, 0.15) is 29.2 Å². The highest BCUT2D eigenvalue weighted by molar-refractivity contribution is 6.01. The monoisotopic (exact) mass is 509 g/mol. The SMILES string of the molecule is Nc1nc(-c2cc(-c3ccon3)n(Cc3ccccc3F)n2)ncc1NC(=O)C1(c2ccccc2)CCC1. The number of benzene rings is 2. The normalized spacial score (nSPS) is 14.1. The second-order valence-electron chi connectivity index (χ2n) is 9.30. The summed E-state index contributed by atoms with van der Waals surface area (Å²) in [6.45, 7) is 0.167. The molecule has 1 saturated carbocycles. The van der Waals surface area contributed by atoms with E-state index in [1.165, 1.54) is 18.5 Å². The first-order valence-electron chi connectivity index (χ1n) is 12.3. The van der Waals surface area contributed by atoms with E-state index in [9.17, 15) is 9.18 Å². The van der Waals surface area contributed by atoms with Gasteiger partial charge in [-0.25, -0.2) is 14.4 Å². The molecular weight excluding hydrogens is 485 g/mol. The van der Waals surface area contributed by atoms with Crippen LogP contribution in [0, 0.1) is 5.82 Å². The number of amides is 1. The number of hydrogen-bond acceptors (Lipinski definition) is 7. The molecule has 5 aromatic rings. The fraction of sp³-hybridized carbons (Fsp3) is 0.179. The molecule has 2 aromatic carbocycles. The van der Waals surface area contributed by atoms with Gasteiger partial charge in [-0.2, -0.15) is 5.10 Å². The number of nitrogens with one attached hydrogen (secondary N) is 1. The molecule has 0 spiro atoms. The molecular formula is C28H24FN7O2. The molecule has 38 heavy (non-hydrogen) atoms. The minimum Gasteiger partial charge on any atom is -0.382 e. The van der Waals surface area contributed by atoms with E-state index in [1.807, 2.05) is 30.3 Å². The first-order valence-corrected chi connectivity index (χ1v) is 12.3. The van der Waals surface area contributed by atoms with Gasteiger partial charge in [-0.05, 0) is 30.5 Å². The van der Waals surface area contributed by atoms with Gasteiger partial charge >= 0.3 is 0 Å². The first kappa shape index (κ1) is 23.5. The zero-order valence-electron chi connectivity index (χ0n) is 20.3. The van der Waals surface area contributed by atoms with Crippen LogP contribution in [-0.2, 0) is 16.8 Å². The van der Waals surface area contributed by atoms with Crippen molar-refractivity contribution in [2.24, 2.45) is 0 Å². The number of anilines is 2. The van der Waals surface area contributed by atoms with Crippen molar-refractivity contribution in [2.45, 2.75) is 31.2 Å². The average molecular weight is 510 g/mol. The standard InChI is InChI=1S/C28H24FN7O2/c29-20-10-5-4-7-18(20)17-36-24(21-11-14-38-35-21)15-22(34-36)26-31-16-23(25(30)33-26)32-27(37)28(12-6-13-28)19-8-2-1-3-9-19/h1-5,7-11,14-16H,6,12-13,17H2,(H,32,37)(H2,30,31,33). The number of nitrogens with two attached hydrogens (primary N) is 1. The second-order valence-corrected chi connectivity index (χ2v) is 9.30. The number of carbonyl (C=O) groups is 1. The maximum Gasteiger partial charge on any atom is 0.235 e. The molecule has 1 aliphatic rings. The van der Waals surface area contributed by atoms with Crippen molar-refractivity contribution in [1.29, 1.82) is 0 Å². The summed E-state index contributed by atoms with van der Waals surface area (Å²) in [5.41, 5.74) is 9.02. The lowest BCUT2D eigenvalue weighted by atomic mass is 9.64. The predicted molar refractivity (Wildman–Crippen MR) is 139 cm³/mol. The molecule has 1 amide bonds. The molecule has 3 aromatic heterocycles. The number of nitrogen functional groups attached to an aromatic ring is 1. The maximum absolute atomic E-state index is 14.4. The Morgan fingerprint density at radius 2 is 1.87 bits per heavy atom. The zero-order valence-corrected chi connectivity index (χ0v) is 20.3. The quantitative estimate of drug-likeness (QED) is 0.322. The van der Waals surface area contributed by atoms with Crippen LogP contribution in [-0.4, -0.2) is 30.8 Å². The van der Waals surface area contributed by atoms with Crippen LogP contribution in [0.1, 0.15) is 30.4 Å². The van der Waals surface area contributed by atoms with Crippen LogP contribution < -0.4 is 11.1 Å². The Kier molecular flexibility index (Phi) is 5.91. The molecule has 0 atom stereocenters. The fourth-order valence-electron chi connectivity index (χ4n) is 4.78. The molecule has 0 unspecified atom stereocenters. The molecule has 6 rings (SSSR count). The Labute approximate surface area is 217 Å². The highest BCUT2D eigenvalue weighted by Crippen LogP contribution is 2.44. The molecule has 0 saturated heterocycles. The lowest BCUT2D eigenvalue weighted by Gasteiger charge is -2.40. The molecule has 10 heteroatoms. The molecule has 9 nitrogen and oxygen atoms in total. The summed E-state index contributed by atoms with van der Waals surface area (Å²) in [7, 11) is 0. The van der Waals surface area contributed by atoms with Gasteiger partial charge in [0.05, 0.1) is 23.9 Å². The van der Waals surface area contributed by atoms with Crippen LogP contribution in [0.15, 0.2) is 83.7 Å². The Bertz CT molecular complexity index is 1600. The van der Waals surface area contributed by atoms with Crippen LogP contribution in [0.25, 0.3) is 22.9 Å². The predicted octanol–water partition coefficient (Wildman–Crippen LogP) is 4.83. The highest BCUT2D eigenvalue weighted by Gasteiger charge is 2.45. The molecule has 0 bridgehead atoms. The summed E-state index contributed by atoms with van der Waals surface area (Å²) in [5, 5.41) is 11.5. The number of rotatable bonds is 7. The molecule has 3 heterocycles. The molecule has 190 valence electrons. The van der Waals surface area contributed by atoms with Gasteiger partial charge < -0.3 is 15.6 Å². The van der Waals surface area contributed by atoms with E-state index in [-0.39, 0.29) is 29.9 Å². The smallest absolute Gasteiger partial charge is 0.235 e. The van der Waals surface area contributed by atoms with E-state index >= 15 is 0 Å². The van der Waals surface area contributed by atoms with Gasteiger partial charge in [0.25, 0.3) is 0 Å². The van der Waals surface area contributed by atoms with Crippen molar-refractivity contribution in [3.8, 4) is 22.9 Å². The van der Waals surface area contributed by atoms with Crippen molar-refractivity contribution in [2.75, 3.05) is 11.1 Å². The van der Waals surface area contributed by atoms with Gasteiger partial charge in [0.15, 0.2) is 11.6 Å². The van der Waals surface area contributed by atoms with E-state index in [2.05, 4.69) is 25.5 Å². The summed E-state index contributed by atoms with van der Waals surface area (Å²) in [6.07, 6.45) is 5.46. The number of nitrogens with zero attached hydrogens (tertiary/aromatic N) is 5. The Morgan fingerprint density at radius 1 is 1.08 bits per heavy atom. The third kappa shape index (κ3) is 4.19. The van der Waals surface area contributed by atoms with E-state index in [0.29, 0.717) is 28.3 Å². The third-order valence-corrected chi connectivity index (χ3v) is 7.02. The largest absolute Gasteiger partial charge is 0.382 e. The Morgan fingerprint density at radius 3 is 2.55 bits per heavy atom. The summed E-state index contributed by atoms with van der Waals surface area (Å²) < 4.78 is 21.0. The van der Waals surface area contributed by atoms with Gasteiger partial charge in [0.2, 0.25) is 5.91 Å². The number of carbonyl (C=O) groups excluding carboxylic acids is 1. The van der Waals surface area contributed by atoms with Gasteiger partial charge in [-0.15, -0.1) is 0 Å². The average Bonchev–Trinajstić information content (AvgIpc) is 3.57. The van der Waals surface area contributed by atoms with E-state index < -0.39 is 5.41 Å². The van der Waals surface area contributed by atoms with Crippen LogP contribution in [0.2, 0.25) is 0 Å². The number of halogens is 1. The van der Waals surface area contributed by atoms with E-state index in [1.54, 1.807) is 35.0 Å². The summed E-state index contributed by atoms with van der Waals surface area (Å²) in [6, 6.07) is 19.7. The lowest BCUT2D eigenvalue weighted by Crippen LogP contribution is -2.46. The number of hydrogen-bond donors (Lipinski definition) is 2. The van der Waals surface area contributed by atoms with Crippen LogP contribution in [0.5, 0.6) is 0 Å². The summed E-state index contributed by atoms with van der Waals surface area (Å²) >= 11 is 0. The summed E-state index contributed by atoms with van der Waals surface area (Å²) in [4.78, 5) is 22.2. The Hall–Kier alpha value is -4.86. The van der Waals surface area contributed by atoms with Crippen LogP contribution >= 0.6 is 0 Å². The second kappa shape index (κ2) is 9.55. The number of aromatic nitrogens is 5. The molecule has 0 aliphatic heterocycles. The topological polar surface area (TPSA) is 125 Å². The maximum atomic E-state index is 14.4. The van der Waals surface area contributed by atoms with Crippen LogP contribution in [0.4, 0.5) is 15.9 Å². The molecule has 1 aliphatic carbocycles. The van der Waals surface area contributed by atoms with Crippen LogP contribution in [0.3, 0.4) is 0 Å². The van der Waals surface area contributed by atoms with Crippen molar-refractivity contribution in [3.63, 3.8) is 0 Å². The highest BCUT2D eigenvalue weighted by atomic mass is 19.1. The first-order chi connectivity index (χ1) is 18.5. The summed E-state index contributed by atoms with van der Waals surface area (Å²) in [5.74, 6) is -0.0760. The van der Waals surface area contributed by atoms with E-state index in [0.717, 1.165) is 24.8 Å². The molecule has 1 fully saturated rings. The van der Waals surface area contributed by atoms with Crippen molar-refractivity contribution in [1.82, 2.24) is 24.9 Å². The van der Waals surface area contributed by atoms with Crippen molar-refractivity contribution in [3.05, 3.63) is 96.1 Å². The van der Waals surface area contributed by atoms with E-state index in [4.69, 9.17) is 10.3 Å². The van der Waals surface area contributed by atoms with Crippen molar-refractivity contribution < 1.29 is 13.7 Å². The van der Waals surface area contributed by atoms with Gasteiger partial charge in [-0.1, -0.05) is 60.1 Å². The third-order valence-electron chi connectivity index (χ3n) is 7.02. The van der Waals surface area contributed by atoms with Gasteiger partial charge in [0, 0.05) is 11.6 Å². The fourth-order valence-corrected chi connectivity index (χ4v) is 4.78. The lowest BCUT2D eigenvalue weighted by molar-refractivity contribution is -0.124. The van der Waals surface area contributed by atoms with Crippen molar-refractivity contribution >= 4 is 17.4 Å². The minimum atomic E-state index is -0.579.